The first-order chi connectivity index (χ1) is 17.1. The summed E-state index contributed by atoms with van der Waals surface area (Å²) in [6, 6.07) is 0. The van der Waals surface area contributed by atoms with Crippen LogP contribution in [0.2, 0.25) is 0 Å². The molecule has 0 heterocycles. The highest BCUT2D eigenvalue weighted by Gasteiger charge is 2.73. The van der Waals surface area contributed by atoms with E-state index in [1.165, 1.54) is 12.5 Å². The number of allylic oxidation sites excluding steroid dienone is 1. The molecule has 37 heavy (non-hydrogen) atoms. The number of hydrogen-bond acceptors (Lipinski definition) is 5. The summed E-state index contributed by atoms with van der Waals surface area (Å²) in [5, 5.41) is 33.9. The number of esters is 1. The Morgan fingerprint density at radius 2 is 1.73 bits per heavy atom. The van der Waals surface area contributed by atoms with E-state index in [2.05, 4.69) is 54.5 Å². The maximum atomic E-state index is 12.3. The lowest BCUT2D eigenvalue weighted by molar-refractivity contribution is -0.216. The van der Waals surface area contributed by atoms with E-state index in [0.717, 1.165) is 38.5 Å². The minimum absolute atomic E-state index is 0.0338. The van der Waals surface area contributed by atoms with Gasteiger partial charge >= 0.3 is 5.97 Å². The number of carbonyl (C=O) groups is 1. The molecule has 5 aliphatic carbocycles. The molecule has 0 spiro atoms. The van der Waals surface area contributed by atoms with Crippen molar-refractivity contribution in [1.82, 2.24) is 0 Å². The molecule has 0 aromatic rings. The summed E-state index contributed by atoms with van der Waals surface area (Å²) in [6.07, 6.45) is 7.47. The van der Waals surface area contributed by atoms with Gasteiger partial charge in [-0.2, -0.15) is 0 Å². The van der Waals surface area contributed by atoms with Crippen LogP contribution in [0.25, 0.3) is 0 Å². The standard InChI is InChI=1S/C32H52O5/c1-18(2)21-15-23(37-19(3)34)27-31(8)12-9-20-26(30(31,7)13-14-32(21,27)17-33)22(35)16-24-28(4,5)25(36)10-11-29(20,24)6/h9,18,21-27,33,35-36H,10-17H2,1-8H3/t21-,22-,23+,24+,25-,26-,27+,29+,30-,31+,32+/m0/s1. The van der Waals surface area contributed by atoms with Crippen molar-refractivity contribution in [2.24, 2.45) is 56.7 Å². The summed E-state index contributed by atoms with van der Waals surface area (Å²) >= 11 is 0. The van der Waals surface area contributed by atoms with Crippen LogP contribution >= 0.6 is 0 Å². The van der Waals surface area contributed by atoms with Crippen molar-refractivity contribution in [3.63, 3.8) is 0 Å². The van der Waals surface area contributed by atoms with Crippen LogP contribution in [0.5, 0.6) is 0 Å². The second-order valence-electron chi connectivity index (χ2n) is 15.4. The van der Waals surface area contributed by atoms with Gasteiger partial charge in [0, 0.05) is 30.8 Å². The molecule has 0 amide bonds. The minimum Gasteiger partial charge on any atom is -0.462 e. The van der Waals surface area contributed by atoms with E-state index >= 15 is 0 Å². The molecule has 5 rings (SSSR count). The van der Waals surface area contributed by atoms with Crippen LogP contribution in [0.3, 0.4) is 0 Å². The molecule has 0 saturated heterocycles. The molecule has 0 aromatic carbocycles. The highest BCUT2D eigenvalue weighted by molar-refractivity contribution is 5.66. The van der Waals surface area contributed by atoms with Gasteiger partial charge in [-0.3, -0.25) is 4.79 Å². The molecule has 11 atom stereocenters. The monoisotopic (exact) mass is 516 g/mol. The first-order valence-electron chi connectivity index (χ1n) is 14.9. The summed E-state index contributed by atoms with van der Waals surface area (Å²) < 4.78 is 6.09. The van der Waals surface area contributed by atoms with Crippen LogP contribution in [0.1, 0.15) is 100 Å². The molecule has 0 radical (unpaired) electrons. The fraction of sp³-hybridized carbons (Fsp3) is 0.906. The first-order valence-corrected chi connectivity index (χ1v) is 14.9. The highest BCUT2D eigenvalue weighted by Crippen LogP contribution is 2.76. The molecule has 0 unspecified atom stereocenters. The Morgan fingerprint density at radius 1 is 1.05 bits per heavy atom. The van der Waals surface area contributed by atoms with Gasteiger partial charge in [0.1, 0.15) is 6.10 Å². The molecule has 5 nitrogen and oxygen atoms in total. The van der Waals surface area contributed by atoms with E-state index in [-0.39, 0.29) is 69.6 Å². The molecule has 0 aromatic heterocycles. The van der Waals surface area contributed by atoms with Crippen molar-refractivity contribution in [2.45, 2.75) is 119 Å². The van der Waals surface area contributed by atoms with Gasteiger partial charge in [-0.05, 0) is 84.4 Å². The molecular formula is C32H52O5. The number of aliphatic hydroxyl groups is 3. The van der Waals surface area contributed by atoms with E-state index in [4.69, 9.17) is 4.74 Å². The zero-order valence-electron chi connectivity index (χ0n) is 24.5. The Bertz CT molecular complexity index is 970. The second-order valence-corrected chi connectivity index (χ2v) is 15.4. The normalized spacial score (nSPS) is 52.4. The maximum Gasteiger partial charge on any atom is 0.302 e. The highest BCUT2D eigenvalue weighted by atomic mass is 16.5. The molecule has 4 fully saturated rings. The molecule has 210 valence electrons. The lowest BCUT2D eigenvalue weighted by Crippen LogP contribution is -2.66. The first kappa shape index (κ1) is 27.6. The van der Waals surface area contributed by atoms with E-state index < -0.39 is 6.10 Å². The number of aliphatic hydroxyl groups excluding tert-OH is 3. The van der Waals surface area contributed by atoms with Crippen LogP contribution < -0.4 is 0 Å². The fourth-order valence-electron chi connectivity index (χ4n) is 11.5. The third-order valence-electron chi connectivity index (χ3n) is 13.5. The maximum absolute atomic E-state index is 12.3. The Kier molecular flexibility index (Phi) is 6.38. The Balaban J connectivity index is 1.64. The Morgan fingerprint density at radius 3 is 2.32 bits per heavy atom. The van der Waals surface area contributed by atoms with Crippen molar-refractivity contribution >= 4 is 5.97 Å². The number of ether oxygens (including phenoxy) is 1. The van der Waals surface area contributed by atoms with Crippen molar-refractivity contribution < 1.29 is 24.9 Å². The van der Waals surface area contributed by atoms with Crippen LogP contribution in [-0.2, 0) is 9.53 Å². The average Bonchev–Trinajstić information content (AvgIpc) is 3.14. The molecule has 5 heteroatoms. The number of hydrogen-bond donors (Lipinski definition) is 3. The SMILES string of the molecule is CC(=O)O[C@@H]1C[C@@H](C(C)C)[C@]2(CO)CC[C@@]3(C)[C@H]4C(=CC[C@]3(C)[C@@H]12)[C@@]1(C)CC[C@H](O)C(C)(C)[C@H]1C[C@@H]4O. The van der Waals surface area contributed by atoms with Gasteiger partial charge in [0.2, 0.25) is 0 Å². The molecule has 4 saturated carbocycles. The van der Waals surface area contributed by atoms with E-state index in [0.29, 0.717) is 18.3 Å². The van der Waals surface area contributed by atoms with Crippen LogP contribution in [-0.4, -0.2) is 46.2 Å². The molecular weight excluding hydrogens is 464 g/mol. The lowest BCUT2D eigenvalue weighted by atomic mass is 9.35. The molecule has 0 bridgehead atoms. The van der Waals surface area contributed by atoms with Crippen LogP contribution in [0, 0.1) is 56.7 Å². The van der Waals surface area contributed by atoms with Gasteiger partial charge in [0.05, 0.1) is 12.2 Å². The number of carbonyl (C=O) groups excluding carboxylic acids is 1. The third kappa shape index (κ3) is 3.41. The number of rotatable bonds is 3. The van der Waals surface area contributed by atoms with E-state index in [1.54, 1.807) is 0 Å². The van der Waals surface area contributed by atoms with Gasteiger partial charge in [0.15, 0.2) is 0 Å². The predicted molar refractivity (Wildman–Crippen MR) is 144 cm³/mol. The summed E-state index contributed by atoms with van der Waals surface area (Å²) in [4.78, 5) is 12.3. The second kappa shape index (κ2) is 8.54. The number of fused-ring (bicyclic) bond motifs is 7. The van der Waals surface area contributed by atoms with Crippen molar-refractivity contribution in [1.29, 1.82) is 0 Å². The van der Waals surface area contributed by atoms with Gasteiger partial charge in [0.25, 0.3) is 0 Å². The topological polar surface area (TPSA) is 87.0 Å². The largest absolute Gasteiger partial charge is 0.462 e. The summed E-state index contributed by atoms with van der Waals surface area (Å²) in [5.74, 6) is 0.803. The minimum atomic E-state index is -0.463. The van der Waals surface area contributed by atoms with Crippen LogP contribution in [0.4, 0.5) is 0 Å². The summed E-state index contributed by atoms with van der Waals surface area (Å²) in [6.45, 7) is 17.7. The summed E-state index contributed by atoms with van der Waals surface area (Å²) in [5.41, 5.74) is 0.495. The van der Waals surface area contributed by atoms with Gasteiger partial charge in [-0.25, -0.2) is 0 Å². The smallest absolute Gasteiger partial charge is 0.302 e. The molecule has 5 aliphatic rings. The van der Waals surface area contributed by atoms with Crippen molar-refractivity contribution in [3.05, 3.63) is 11.6 Å². The quantitative estimate of drug-likeness (QED) is 0.340. The zero-order chi connectivity index (χ0) is 27.3. The lowest BCUT2D eigenvalue weighted by Gasteiger charge is -2.70. The van der Waals surface area contributed by atoms with Gasteiger partial charge < -0.3 is 20.1 Å². The van der Waals surface area contributed by atoms with Crippen LogP contribution in [0.15, 0.2) is 11.6 Å². The summed E-state index contributed by atoms with van der Waals surface area (Å²) in [7, 11) is 0. The van der Waals surface area contributed by atoms with Crippen molar-refractivity contribution in [2.75, 3.05) is 6.61 Å². The Labute approximate surface area is 224 Å². The Hall–Kier alpha value is -0.910. The zero-order valence-corrected chi connectivity index (χ0v) is 24.5. The van der Waals surface area contributed by atoms with Gasteiger partial charge in [-0.1, -0.05) is 60.1 Å². The fourth-order valence-corrected chi connectivity index (χ4v) is 11.5. The predicted octanol–water partition coefficient (Wildman–Crippen LogP) is 5.51. The van der Waals surface area contributed by atoms with Gasteiger partial charge in [-0.15, -0.1) is 0 Å². The molecule has 0 aliphatic heterocycles. The third-order valence-corrected chi connectivity index (χ3v) is 13.5. The van der Waals surface area contributed by atoms with E-state index in [9.17, 15) is 20.1 Å². The van der Waals surface area contributed by atoms with E-state index in [1.807, 2.05) is 0 Å². The van der Waals surface area contributed by atoms with Crippen molar-refractivity contribution in [3.8, 4) is 0 Å². The average molecular weight is 517 g/mol. The molecule has 3 N–H and O–H groups in total.